The Morgan fingerprint density at radius 1 is 0.926 bits per heavy atom. The summed E-state index contributed by atoms with van der Waals surface area (Å²) >= 11 is 1.65. The molecule has 0 amide bonds. The zero-order valence-electron chi connectivity index (χ0n) is 15.7. The lowest BCUT2D eigenvalue weighted by Gasteiger charge is -2.08. The predicted octanol–water partition coefficient (Wildman–Crippen LogP) is 5.76. The normalized spacial score (nSPS) is 11.2. The summed E-state index contributed by atoms with van der Waals surface area (Å²) in [6.45, 7) is 6.30. The first-order valence-corrected chi connectivity index (χ1v) is 10.0. The van der Waals surface area contributed by atoms with E-state index in [-0.39, 0.29) is 0 Å². The molecule has 0 saturated heterocycles. The van der Waals surface area contributed by atoms with Gasteiger partial charge >= 0.3 is 0 Å². The molecule has 2 aromatic carbocycles. The van der Waals surface area contributed by atoms with E-state index in [1.54, 1.807) is 11.8 Å². The largest absolute Gasteiger partial charge is 0.420 e. The first kappa shape index (κ1) is 17.7. The standard InChI is InChI=1S/C22H21N3OS/c1-4-16-12-18-10-7-15(3)11-19(18)23-22(16)27-13-20-24-25-21(26-20)17-8-5-14(2)6-9-17/h5-12H,4,13H2,1-3H3. The van der Waals surface area contributed by atoms with Crippen LogP contribution < -0.4 is 0 Å². The van der Waals surface area contributed by atoms with E-state index in [4.69, 9.17) is 9.40 Å². The van der Waals surface area contributed by atoms with Crippen LogP contribution in [-0.2, 0) is 12.2 Å². The van der Waals surface area contributed by atoms with Gasteiger partial charge in [-0.25, -0.2) is 4.98 Å². The first-order chi connectivity index (χ1) is 13.1. The second kappa shape index (κ2) is 7.53. The highest BCUT2D eigenvalue weighted by molar-refractivity contribution is 7.98. The number of nitrogens with zero attached hydrogens (tertiary/aromatic N) is 3. The molecule has 0 radical (unpaired) electrons. The summed E-state index contributed by atoms with van der Waals surface area (Å²) in [5, 5.41) is 10.6. The highest BCUT2D eigenvalue weighted by Crippen LogP contribution is 2.29. The minimum atomic E-state index is 0.559. The van der Waals surface area contributed by atoms with Crippen molar-refractivity contribution in [3.8, 4) is 11.5 Å². The number of aryl methyl sites for hydroxylation is 3. The van der Waals surface area contributed by atoms with Gasteiger partial charge in [0.2, 0.25) is 11.8 Å². The highest BCUT2D eigenvalue weighted by Gasteiger charge is 2.12. The zero-order chi connectivity index (χ0) is 18.8. The van der Waals surface area contributed by atoms with Crippen LogP contribution in [-0.4, -0.2) is 15.2 Å². The molecule has 0 N–H and O–H groups in total. The lowest BCUT2D eigenvalue weighted by molar-refractivity contribution is 0.528. The number of thioether (sulfide) groups is 1. The molecular weight excluding hydrogens is 354 g/mol. The summed E-state index contributed by atoms with van der Waals surface area (Å²) in [6, 6.07) is 16.7. The van der Waals surface area contributed by atoms with Crippen LogP contribution in [0.3, 0.4) is 0 Å². The molecule has 0 aliphatic carbocycles. The summed E-state index contributed by atoms with van der Waals surface area (Å²) < 4.78 is 5.84. The molecule has 0 aliphatic heterocycles. The summed E-state index contributed by atoms with van der Waals surface area (Å²) in [7, 11) is 0. The molecule has 4 nitrogen and oxygen atoms in total. The van der Waals surface area contributed by atoms with Gasteiger partial charge in [-0.1, -0.05) is 48.5 Å². The van der Waals surface area contributed by atoms with E-state index in [0.717, 1.165) is 22.5 Å². The summed E-state index contributed by atoms with van der Waals surface area (Å²) in [5.74, 6) is 1.78. The average molecular weight is 375 g/mol. The maximum Gasteiger partial charge on any atom is 0.247 e. The number of fused-ring (bicyclic) bond motifs is 1. The summed E-state index contributed by atoms with van der Waals surface area (Å²) in [5.41, 5.74) is 5.64. The minimum absolute atomic E-state index is 0.559. The van der Waals surface area contributed by atoms with E-state index in [2.05, 4.69) is 55.2 Å². The lowest BCUT2D eigenvalue weighted by atomic mass is 10.1. The number of aromatic nitrogens is 3. The molecule has 136 valence electrons. The van der Waals surface area contributed by atoms with Crippen molar-refractivity contribution in [1.82, 2.24) is 15.2 Å². The number of pyridine rings is 1. The van der Waals surface area contributed by atoms with Crippen molar-refractivity contribution < 1.29 is 4.42 Å². The van der Waals surface area contributed by atoms with Crippen LogP contribution in [0.5, 0.6) is 0 Å². The lowest BCUT2D eigenvalue weighted by Crippen LogP contribution is -1.93. The van der Waals surface area contributed by atoms with E-state index in [0.29, 0.717) is 17.5 Å². The first-order valence-electron chi connectivity index (χ1n) is 9.05. The molecule has 0 fully saturated rings. The predicted molar refractivity (Wildman–Crippen MR) is 110 cm³/mol. The van der Waals surface area contributed by atoms with E-state index in [1.807, 2.05) is 24.3 Å². The van der Waals surface area contributed by atoms with Crippen LogP contribution in [0.2, 0.25) is 0 Å². The van der Waals surface area contributed by atoms with Crippen LogP contribution in [0.15, 0.2) is 58.0 Å². The Hall–Kier alpha value is -2.66. The Balaban J connectivity index is 1.55. The zero-order valence-corrected chi connectivity index (χ0v) is 16.5. The van der Waals surface area contributed by atoms with Crippen LogP contribution in [0.25, 0.3) is 22.4 Å². The topological polar surface area (TPSA) is 51.8 Å². The van der Waals surface area contributed by atoms with E-state index >= 15 is 0 Å². The van der Waals surface area contributed by atoms with Gasteiger partial charge in [-0.2, -0.15) is 0 Å². The molecule has 0 unspecified atom stereocenters. The third kappa shape index (κ3) is 3.88. The second-order valence-electron chi connectivity index (χ2n) is 6.66. The fourth-order valence-electron chi connectivity index (χ4n) is 2.94. The fraction of sp³-hybridized carbons (Fsp3) is 0.227. The van der Waals surface area contributed by atoms with Crippen LogP contribution in [0.4, 0.5) is 0 Å². The summed E-state index contributed by atoms with van der Waals surface area (Å²) in [6.07, 6.45) is 0.942. The van der Waals surface area contributed by atoms with Gasteiger partial charge in [0.25, 0.3) is 0 Å². The Morgan fingerprint density at radius 2 is 1.70 bits per heavy atom. The Kier molecular flexibility index (Phi) is 4.94. The molecule has 2 heterocycles. The molecule has 27 heavy (non-hydrogen) atoms. The van der Waals surface area contributed by atoms with E-state index < -0.39 is 0 Å². The maximum atomic E-state index is 5.84. The van der Waals surface area contributed by atoms with Gasteiger partial charge in [-0.3, -0.25) is 0 Å². The van der Waals surface area contributed by atoms with E-state index in [9.17, 15) is 0 Å². The number of hydrogen-bond acceptors (Lipinski definition) is 5. The van der Waals surface area contributed by atoms with Crippen molar-refractivity contribution in [1.29, 1.82) is 0 Å². The van der Waals surface area contributed by atoms with Gasteiger partial charge in [-0.15, -0.1) is 10.2 Å². The third-order valence-electron chi connectivity index (χ3n) is 4.49. The van der Waals surface area contributed by atoms with Gasteiger partial charge in [-0.05, 0) is 55.7 Å². The molecule has 5 heteroatoms. The smallest absolute Gasteiger partial charge is 0.247 e. The van der Waals surface area contributed by atoms with Crippen molar-refractivity contribution in [2.45, 2.75) is 38.0 Å². The molecule has 2 aromatic heterocycles. The minimum Gasteiger partial charge on any atom is -0.420 e. The summed E-state index contributed by atoms with van der Waals surface area (Å²) in [4.78, 5) is 4.87. The van der Waals surface area contributed by atoms with Gasteiger partial charge < -0.3 is 4.42 Å². The second-order valence-corrected chi connectivity index (χ2v) is 7.62. The Bertz CT molecular complexity index is 1090. The van der Waals surface area contributed by atoms with E-state index in [1.165, 1.54) is 22.1 Å². The molecular formula is C22H21N3OS. The fourth-order valence-corrected chi connectivity index (χ4v) is 3.86. The Labute approximate surface area is 163 Å². The Morgan fingerprint density at radius 3 is 2.48 bits per heavy atom. The third-order valence-corrected chi connectivity index (χ3v) is 5.51. The number of hydrogen-bond donors (Lipinski definition) is 0. The maximum absolute atomic E-state index is 5.84. The van der Waals surface area contributed by atoms with Crippen molar-refractivity contribution in [3.05, 3.63) is 71.1 Å². The van der Waals surface area contributed by atoms with Crippen LogP contribution >= 0.6 is 11.8 Å². The van der Waals surface area contributed by atoms with Gasteiger partial charge in [0.1, 0.15) is 5.03 Å². The van der Waals surface area contributed by atoms with Gasteiger partial charge in [0.15, 0.2) is 0 Å². The monoisotopic (exact) mass is 375 g/mol. The molecule has 4 aromatic rings. The number of benzene rings is 2. The van der Waals surface area contributed by atoms with Gasteiger partial charge in [0.05, 0.1) is 11.3 Å². The SMILES string of the molecule is CCc1cc2ccc(C)cc2nc1SCc1nnc(-c2ccc(C)cc2)o1. The molecule has 0 saturated carbocycles. The van der Waals surface area contributed by atoms with Crippen molar-refractivity contribution in [3.63, 3.8) is 0 Å². The average Bonchev–Trinajstić information content (AvgIpc) is 3.15. The van der Waals surface area contributed by atoms with Gasteiger partial charge in [0, 0.05) is 10.9 Å². The highest BCUT2D eigenvalue weighted by atomic mass is 32.2. The molecule has 0 bridgehead atoms. The number of rotatable bonds is 5. The molecule has 0 atom stereocenters. The van der Waals surface area contributed by atoms with Crippen molar-refractivity contribution in [2.24, 2.45) is 0 Å². The molecule has 4 rings (SSSR count). The van der Waals surface area contributed by atoms with Crippen LogP contribution in [0.1, 0.15) is 29.5 Å². The molecule has 0 spiro atoms. The van der Waals surface area contributed by atoms with Crippen LogP contribution in [0, 0.1) is 13.8 Å². The molecule has 0 aliphatic rings. The quantitative estimate of drug-likeness (QED) is 0.415. The van der Waals surface area contributed by atoms with Crippen molar-refractivity contribution in [2.75, 3.05) is 0 Å². The van der Waals surface area contributed by atoms with Crippen molar-refractivity contribution >= 4 is 22.7 Å².